The summed E-state index contributed by atoms with van der Waals surface area (Å²) in [6.45, 7) is 32.8. The number of ketones is 1. The average molecular weight is 730 g/mol. The molecule has 302 valence electrons. The van der Waals surface area contributed by atoms with E-state index in [-0.39, 0.29) is 24.6 Å². The molecule has 0 aromatic carbocycles. The third-order valence-corrected chi connectivity index (χ3v) is 7.24. The van der Waals surface area contributed by atoms with Gasteiger partial charge in [0.2, 0.25) is 18.1 Å². The molecule has 5 atom stereocenters. The highest BCUT2D eigenvalue weighted by Crippen LogP contribution is 2.33. The van der Waals surface area contributed by atoms with Crippen molar-refractivity contribution >= 4 is 36.0 Å². The predicted octanol–water partition coefficient (Wildman–Crippen LogP) is 6.78. The lowest BCUT2D eigenvalue weighted by molar-refractivity contribution is -0.147. The lowest BCUT2D eigenvalue weighted by Gasteiger charge is -2.35. The number of rotatable bonds is 14. The second-order valence-corrected chi connectivity index (χ2v) is 14.2. The van der Waals surface area contributed by atoms with Crippen LogP contribution in [0.15, 0.2) is 0 Å². The van der Waals surface area contributed by atoms with Crippen molar-refractivity contribution < 1.29 is 33.5 Å². The lowest BCUT2D eigenvalue weighted by atomic mass is 9.85. The third kappa shape index (κ3) is 28.1. The van der Waals surface area contributed by atoms with Gasteiger partial charge in [-0.2, -0.15) is 0 Å². The number of esters is 1. The van der Waals surface area contributed by atoms with Gasteiger partial charge in [0.05, 0.1) is 12.1 Å². The van der Waals surface area contributed by atoms with Gasteiger partial charge in [-0.1, -0.05) is 123 Å². The average Bonchev–Trinajstić information content (AvgIpc) is 3.83. The molecule has 0 aromatic rings. The number of ether oxygens (including phenoxy) is 1. The lowest BCUT2D eigenvalue weighted by Crippen LogP contribution is -2.57. The molecule has 1 aliphatic heterocycles. The smallest absolute Gasteiger partial charge is 0.325 e. The topological polar surface area (TPSA) is 177 Å². The number of nitrogens with zero attached hydrogens (tertiary/aromatic N) is 1. The first-order valence-corrected chi connectivity index (χ1v) is 19.4. The van der Waals surface area contributed by atoms with E-state index >= 15 is 0 Å². The first-order valence-electron chi connectivity index (χ1n) is 19.4. The number of carbonyl (C=O) groups is 6. The minimum atomic E-state index is -0.986. The van der Waals surface area contributed by atoms with Crippen LogP contribution in [-0.2, 0) is 28.7 Å². The molecule has 1 aliphatic carbocycles. The Morgan fingerprint density at radius 2 is 1.45 bits per heavy atom. The maximum Gasteiger partial charge on any atom is 0.325 e. The molecule has 1 saturated carbocycles. The number of unbranched alkanes of at least 4 members (excludes halogenated alkanes) is 1. The van der Waals surface area contributed by atoms with Crippen LogP contribution in [0.1, 0.15) is 156 Å². The zero-order valence-electron chi connectivity index (χ0n) is 35.4. The molecule has 12 heteroatoms. The largest absolute Gasteiger partial charge is 0.461 e. The van der Waals surface area contributed by atoms with Crippen molar-refractivity contribution in [1.29, 1.82) is 0 Å². The Morgan fingerprint density at radius 3 is 1.82 bits per heavy atom. The van der Waals surface area contributed by atoms with Crippen molar-refractivity contribution in [1.82, 2.24) is 20.9 Å². The van der Waals surface area contributed by atoms with E-state index in [1.165, 1.54) is 0 Å². The van der Waals surface area contributed by atoms with Crippen molar-refractivity contribution in [2.75, 3.05) is 13.1 Å². The van der Waals surface area contributed by atoms with Gasteiger partial charge in [0, 0.05) is 12.6 Å². The summed E-state index contributed by atoms with van der Waals surface area (Å²) < 4.78 is 5.27. The zero-order chi connectivity index (χ0) is 40.9. The van der Waals surface area contributed by atoms with Crippen LogP contribution in [-0.4, -0.2) is 78.2 Å². The molecule has 12 nitrogen and oxygen atoms in total. The molecule has 0 bridgehead atoms. The van der Waals surface area contributed by atoms with E-state index < -0.39 is 41.2 Å². The van der Waals surface area contributed by atoms with Gasteiger partial charge in [0.25, 0.3) is 5.91 Å². The number of hydrogen-bond donors (Lipinski definition) is 4. The van der Waals surface area contributed by atoms with Gasteiger partial charge in [0.1, 0.15) is 12.6 Å². The number of urea groups is 1. The molecule has 1 heterocycles. The van der Waals surface area contributed by atoms with Gasteiger partial charge in [-0.05, 0) is 56.3 Å². The quantitative estimate of drug-likeness (QED) is 0.0866. The standard InChI is InChI=1S/C21H39N3O4.C8H12N2O3.C4H10.3C2H6/c1-8-9-10-16(4)28-17(25)12-22-20(27)23-18(21(5,6)7)19(26)24-13-14(2)11-15(24)3;9-8(13)7(12)6(10-4-11)3-5-1-2-5;1-4(2)3;3*1-2/h14-16,18H,8-13H2,1-7H3,(H2,22,23,27);4-6H,1-3H2,(H2,9,13)(H,10,11);4H,1-3H3;3*1-2H3. The van der Waals surface area contributed by atoms with Crippen molar-refractivity contribution in [2.45, 2.75) is 180 Å². The second-order valence-electron chi connectivity index (χ2n) is 14.2. The van der Waals surface area contributed by atoms with Gasteiger partial charge in [-0.15, -0.1) is 0 Å². The summed E-state index contributed by atoms with van der Waals surface area (Å²) in [4.78, 5) is 70.9. The monoisotopic (exact) mass is 730 g/mol. The maximum absolute atomic E-state index is 13.1. The molecule has 2 rings (SSSR count). The van der Waals surface area contributed by atoms with Gasteiger partial charge in [-0.25, -0.2) is 4.79 Å². The summed E-state index contributed by atoms with van der Waals surface area (Å²) in [6, 6.07) is -1.76. The van der Waals surface area contributed by atoms with Crippen LogP contribution >= 0.6 is 0 Å². The minimum Gasteiger partial charge on any atom is -0.461 e. The van der Waals surface area contributed by atoms with Crippen molar-refractivity contribution in [3.63, 3.8) is 0 Å². The maximum atomic E-state index is 13.1. The van der Waals surface area contributed by atoms with Crippen LogP contribution in [0, 0.1) is 23.2 Å². The van der Waals surface area contributed by atoms with Crippen molar-refractivity contribution in [2.24, 2.45) is 28.9 Å². The van der Waals surface area contributed by atoms with E-state index in [0.29, 0.717) is 31.2 Å². The second kappa shape index (κ2) is 31.5. The number of hydrogen-bond acceptors (Lipinski definition) is 7. The molecule has 1 saturated heterocycles. The van der Waals surface area contributed by atoms with Crippen molar-refractivity contribution in [3.05, 3.63) is 0 Å². The Balaban J connectivity index is -0.000000396. The number of carbonyl (C=O) groups excluding carboxylic acids is 6. The van der Waals surface area contributed by atoms with Gasteiger partial charge in [0.15, 0.2) is 0 Å². The first-order chi connectivity index (χ1) is 23.8. The first kappa shape index (κ1) is 54.6. The Morgan fingerprint density at radius 1 is 0.941 bits per heavy atom. The molecular formula is C39H79N5O7. The van der Waals surface area contributed by atoms with Gasteiger partial charge < -0.3 is 31.3 Å². The summed E-state index contributed by atoms with van der Waals surface area (Å²) in [5, 5.41) is 7.58. The molecule has 5 amide bonds. The summed E-state index contributed by atoms with van der Waals surface area (Å²) in [7, 11) is 0. The summed E-state index contributed by atoms with van der Waals surface area (Å²) in [5.74, 6) is -0.493. The van der Waals surface area contributed by atoms with Crippen LogP contribution in [0.2, 0.25) is 0 Å². The van der Waals surface area contributed by atoms with Crippen LogP contribution in [0.25, 0.3) is 0 Å². The number of primary amides is 1. The van der Waals surface area contributed by atoms with Crippen LogP contribution < -0.4 is 21.7 Å². The SMILES string of the molecule is CC.CC.CC.CC(C)C.CCCCC(C)OC(=O)CNC(=O)NC(C(=O)N1CC(C)CC1C)C(C)(C)C.NC(=O)C(=O)C(CC1CC1)NC=O. The van der Waals surface area contributed by atoms with E-state index in [4.69, 9.17) is 10.5 Å². The normalized spacial score (nSPS) is 17.5. The number of Topliss-reactive ketones (excluding diaryl/α,β-unsaturated/α-hetero) is 1. The molecule has 5 unspecified atom stereocenters. The molecule has 2 aliphatic rings. The van der Waals surface area contributed by atoms with Crippen molar-refractivity contribution in [3.8, 4) is 0 Å². The Kier molecular flexibility index (Phi) is 33.8. The number of nitrogens with two attached hydrogens (primary N) is 1. The van der Waals surface area contributed by atoms with Crippen LogP contribution in [0.5, 0.6) is 0 Å². The molecule has 0 aromatic heterocycles. The zero-order valence-corrected chi connectivity index (χ0v) is 35.4. The van der Waals surface area contributed by atoms with Gasteiger partial charge >= 0.3 is 12.0 Å². The summed E-state index contributed by atoms with van der Waals surface area (Å²) in [6.07, 6.45) is 6.71. The molecule has 51 heavy (non-hydrogen) atoms. The summed E-state index contributed by atoms with van der Waals surface area (Å²) >= 11 is 0. The Labute approximate surface area is 311 Å². The van der Waals surface area contributed by atoms with Gasteiger partial charge in [-0.3, -0.25) is 24.0 Å². The molecule has 0 spiro atoms. The molecule has 2 fully saturated rings. The number of likely N-dealkylation sites (tertiary alicyclic amines) is 1. The fourth-order valence-electron chi connectivity index (χ4n) is 4.76. The highest BCUT2D eigenvalue weighted by molar-refractivity contribution is 6.37. The minimum absolute atomic E-state index is 0.0738. The third-order valence-electron chi connectivity index (χ3n) is 7.24. The Hall–Kier alpha value is -3.18. The van der Waals surface area contributed by atoms with E-state index in [0.717, 1.165) is 44.4 Å². The predicted molar refractivity (Wildman–Crippen MR) is 209 cm³/mol. The van der Waals surface area contributed by atoms with E-state index in [9.17, 15) is 28.8 Å². The fourth-order valence-corrected chi connectivity index (χ4v) is 4.76. The highest BCUT2D eigenvalue weighted by atomic mass is 16.5. The van der Waals surface area contributed by atoms with E-state index in [1.54, 1.807) is 0 Å². The fraction of sp³-hybridized carbons (Fsp3) is 0.846. The summed E-state index contributed by atoms with van der Waals surface area (Å²) in [5.41, 5.74) is 4.37. The van der Waals surface area contributed by atoms with Crippen LogP contribution in [0.3, 0.4) is 0 Å². The van der Waals surface area contributed by atoms with E-state index in [2.05, 4.69) is 50.6 Å². The highest BCUT2D eigenvalue weighted by Gasteiger charge is 2.40. The molecular weight excluding hydrogens is 650 g/mol. The Bertz CT molecular complexity index is 961. The van der Waals surface area contributed by atoms with Crippen LogP contribution in [0.4, 0.5) is 4.79 Å². The molecule has 0 radical (unpaired) electrons. The number of nitrogens with one attached hydrogen (secondary N) is 3. The molecule has 5 N–H and O–H groups in total. The van der Waals surface area contributed by atoms with E-state index in [1.807, 2.05) is 81.1 Å². The number of amides is 5.